The second-order valence-corrected chi connectivity index (χ2v) is 7.34. The SMILES string of the molecule is COc1cccc(Oc2nc(Oc3cccc(-c4cccc(CN)c4)c3)c(F)cc2F)c1C(=O)O. The molecule has 0 aliphatic carbocycles. The van der Waals surface area contributed by atoms with Gasteiger partial charge in [0.15, 0.2) is 11.6 Å². The standard InChI is InChI=1S/C26H20F2N2O5/c1-33-21-9-4-10-22(23(21)26(31)32)35-25-20(28)13-19(27)24(30-25)34-18-8-3-7-17(12-18)16-6-2-5-15(11-16)14-29/h2-13H,14,29H2,1H3,(H,31,32). The maximum absolute atomic E-state index is 14.5. The number of nitrogens with two attached hydrogens (primary N) is 1. The summed E-state index contributed by atoms with van der Waals surface area (Å²) in [5, 5.41) is 9.51. The number of aromatic carboxylic acids is 1. The van der Waals surface area contributed by atoms with Crippen molar-refractivity contribution in [3.05, 3.63) is 95.6 Å². The Hall–Kier alpha value is -4.50. The van der Waals surface area contributed by atoms with Gasteiger partial charge in [0.2, 0.25) is 0 Å². The van der Waals surface area contributed by atoms with Gasteiger partial charge in [-0.15, -0.1) is 0 Å². The summed E-state index contributed by atoms with van der Waals surface area (Å²) in [6.45, 7) is 0.383. The van der Waals surface area contributed by atoms with Crippen LogP contribution in [-0.4, -0.2) is 23.2 Å². The molecule has 3 aromatic carbocycles. The van der Waals surface area contributed by atoms with Gasteiger partial charge in [0, 0.05) is 12.6 Å². The third kappa shape index (κ3) is 5.20. The third-order valence-electron chi connectivity index (χ3n) is 5.04. The van der Waals surface area contributed by atoms with Crippen molar-refractivity contribution in [3.63, 3.8) is 0 Å². The van der Waals surface area contributed by atoms with Crippen LogP contribution in [0.4, 0.5) is 8.78 Å². The van der Waals surface area contributed by atoms with Crippen molar-refractivity contribution < 1.29 is 32.9 Å². The van der Waals surface area contributed by atoms with E-state index in [-0.39, 0.29) is 22.8 Å². The molecule has 0 fully saturated rings. The van der Waals surface area contributed by atoms with E-state index in [1.165, 1.54) is 25.3 Å². The van der Waals surface area contributed by atoms with Crippen molar-refractivity contribution >= 4 is 5.97 Å². The molecule has 9 heteroatoms. The Morgan fingerprint density at radius 2 is 1.51 bits per heavy atom. The van der Waals surface area contributed by atoms with Crippen LogP contribution in [0.3, 0.4) is 0 Å². The van der Waals surface area contributed by atoms with Crippen molar-refractivity contribution in [2.75, 3.05) is 7.11 Å². The Labute approximate surface area is 199 Å². The highest BCUT2D eigenvalue weighted by Crippen LogP contribution is 2.35. The number of ether oxygens (including phenoxy) is 3. The Kier molecular flexibility index (Phi) is 6.88. The third-order valence-corrected chi connectivity index (χ3v) is 5.04. The number of nitrogens with zero attached hydrogens (tertiary/aromatic N) is 1. The zero-order valence-electron chi connectivity index (χ0n) is 18.5. The molecule has 35 heavy (non-hydrogen) atoms. The monoisotopic (exact) mass is 478 g/mol. The number of benzene rings is 3. The fraction of sp³-hybridized carbons (Fsp3) is 0.0769. The minimum absolute atomic E-state index is 0.00418. The number of rotatable bonds is 8. The molecular weight excluding hydrogens is 458 g/mol. The fourth-order valence-electron chi connectivity index (χ4n) is 3.39. The molecule has 0 saturated carbocycles. The van der Waals surface area contributed by atoms with Gasteiger partial charge in [-0.3, -0.25) is 0 Å². The van der Waals surface area contributed by atoms with Crippen molar-refractivity contribution in [1.82, 2.24) is 4.98 Å². The average molecular weight is 478 g/mol. The molecule has 0 saturated heterocycles. The fourth-order valence-corrected chi connectivity index (χ4v) is 3.39. The smallest absolute Gasteiger partial charge is 0.343 e. The Morgan fingerprint density at radius 3 is 2.20 bits per heavy atom. The summed E-state index contributed by atoms with van der Waals surface area (Å²) in [6, 6.07) is 19.2. The first-order valence-corrected chi connectivity index (χ1v) is 10.4. The lowest BCUT2D eigenvalue weighted by atomic mass is 10.0. The number of carboxylic acid groups (broad SMARTS) is 1. The molecule has 0 spiro atoms. The molecular formula is C26H20F2N2O5. The molecule has 0 radical (unpaired) electrons. The van der Waals surface area contributed by atoms with E-state index in [2.05, 4.69) is 4.98 Å². The number of carboxylic acids is 1. The van der Waals surface area contributed by atoms with Gasteiger partial charge in [0.25, 0.3) is 11.8 Å². The number of pyridine rings is 1. The molecule has 1 aromatic heterocycles. The topological polar surface area (TPSA) is 104 Å². The van der Waals surface area contributed by atoms with E-state index < -0.39 is 29.4 Å². The van der Waals surface area contributed by atoms with Crippen LogP contribution in [0.1, 0.15) is 15.9 Å². The van der Waals surface area contributed by atoms with Crippen LogP contribution in [-0.2, 0) is 6.54 Å². The number of halogens is 2. The number of hydrogen-bond acceptors (Lipinski definition) is 6. The van der Waals surface area contributed by atoms with Crippen molar-refractivity contribution in [1.29, 1.82) is 0 Å². The second-order valence-electron chi connectivity index (χ2n) is 7.34. The molecule has 0 aliphatic rings. The lowest BCUT2D eigenvalue weighted by molar-refractivity contribution is 0.0690. The summed E-state index contributed by atoms with van der Waals surface area (Å²) in [5.74, 6) is -4.75. The summed E-state index contributed by atoms with van der Waals surface area (Å²) in [6.07, 6.45) is 0. The molecule has 4 rings (SSSR count). The number of carbonyl (C=O) groups is 1. The van der Waals surface area contributed by atoms with Crippen LogP contribution in [0.5, 0.6) is 29.0 Å². The average Bonchev–Trinajstić information content (AvgIpc) is 2.86. The quantitative estimate of drug-likeness (QED) is 0.331. The van der Waals surface area contributed by atoms with Gasteiger partial charge >= 0.3 is 5.97 Å². The van der Waals surface area contributed by atoms with Crippen LogP contribution < -0.4 is 19.9 Å². The summed E-state index contributed by atoms with van der Waals surface area (Å²) in [4.78, 5) is 15.5. The zero-order valence-corrected chi connectivity index (χ0v) is 18.5. The number of methoxy groups -OCH3 is 1. The summed E-state index contributed by atoms with van der Waals surface area (Å²) >= 11 is 0. The summed E-state index contributed by atoms with van der Waals surface area (Å²) < 4.78 is 45.0. The van der Waals surface area contributed by atoms with E-state index in [9.17, 15) is 18.7 Å². The maximum atomic E-state index is 14.5. The first-order valence-electron chi connectivity index (χ1n) is 10.4. The molecule has 0 bridgehead atoms. The van der Waals surface area contributed by atoms with Gasteiger partial charge in [-0.2, -0.15) is 4.98 Å². The highest BCUT2D eigenvalue weighted by molar-refractivity contribution is 5.94. The van der Waals surface area contributed by atoms with Crippen LogP contribution in [0.15, 0.2) is 72.8 Å². The van der Waals surface area contributed by atoms with Crippen molar-refractivity contribution in [2.45, 2.75) is 6.54 Å². The van der Waals surface area contributed by atoms with Gasteiger partial charge in [-0.05, 0) is 47.0 Å². The predicted molar refractivity (Wildman–Crippen MR) is 124 cm³/mol. The molecule has 0 unspecified atom stereocenters. The van der Waals surface area contributed by atoms with Crippen LogP contribution in [0.25, 0.3) is 11.1 Å². The zero-order chi connectivity index (χ0) is 24.9. The molecule has 178 valence electrons. The molecule has 0 aliphatic heterocycles. The van der Waals surface area contributed by atoms with Gasteiger partial charge in [-0.1, -0.05) is 36.4 Å². The van der Waals surface area contributed by atoms with Crippen molar-refractivity contribution in [2.24, 2.45) is 5.73 Å². The normalized spacial score (nSPS) is 10.6. The van der Waals surface area contributed by atoms with E-state index in [1.54, 1.807) is 18.2 Å². The van der Waals surface area contributed by atoms with Crippen LogP contribution >= 0.6 is 0 Å². The molecule has 3 N–H and O–H groups in total. The molecule has 4 aromatic rings. The Morgan fingerprint density at radius 1 is 0.886 bits per heavy atom. The summed E-state index contributed by atoms with van der Waals surface area (Å²) in [7, 11) is 1.29. The maximum Gasteiger partial charge on any atom is 0.343 e. The number of aromatic nitrogens is 1. The predicted octanol–water partition coefficient (Wildman–Crippen LogP) is 5.78. The van der Waals surface area contributed by atoms with E-state index in [1.807, 2.05) is 30.3 Å². The van der Waals surface area contributed by atoms with Crippen LogP contribution in [0, 0.1) is 11.6 Å². The highest BCUT2D eigenvalue weighted by Gasteiger charge is 2.22. The molecule has 0 amide bonds. The number of hydrogen-bond donors (Lipinski definition) is 2. The molecule has 0 atom stereocenters. The van der Waals surface area contributed by atoms with Gasteiger partial charge in [0.1, 0.15) is 22.8 Å². The Bertz CT molecular complexity index is 1390. The first-order chi connectivity index (χ1) is 16.9. The van der Waals surface area contributed by atoms with Gasteiger partial charge in [-0.25, -0.2) is 13.6 Å². The largest absolute Gasteiger partial charge is 0.496 e. The summed E-state index contributed by atoms with van der Waals surface area (Å²) in [5.41, 5.74) is 7.99. The second kappa shape index (κ2) is 10.2. The van der Waals surface area contributed by atoms with Crippen molar-refractivity contribution in [3.8, 4) is 40.1 Å². The van der Waals surface area contributed by atoms with Crippen LogP contribution in [0.2, 0.25) is 0 Å². The molecule has 7 nitrogen and oxygen atoms in total. The van der Waals surface area contributed by atoms with E-state index in [4.69, 9.17) is 19.9 Å². The lowest BCUT2D eigenvalue weighted by Crippen LogP contribution is -2.05. The van der Waals surface area contributed by atoms with Gasteiger partial charge in [0.05, 0.1) is 7.11 Å². The minimum Gasteiger partial charge on any atom is -0.496 e. The van der Waals surface area contributed by atoms with E-state index in [0.29, 0.717) is 12.6 Å². The van der Waals surface area contributed by atoms with E-state index in [0.717, 1.165) is 16.7 Å². The van der Waals surface area contributed by atoms with E-state index >= 15 is 0 Å². The minimum atomic E-state index is -1.35. The highest BCUT2D eigenvalue weighted by atomic mass is 19.1. The first kappa shape index (κ1) is 23.7. The lowest BCUT2D eigenvalue weighted by Gasteiger charge is -2.13. The Balaban J connectivity index is 1.66. The molecule has 1 heterocycles. The van der Waals surface area contributed by atoms with Gasteiger partial charge < -0.3 is 25.1 Å².